The van der Waals surface area contributed by atoms with Gasteiger partial charge in [-0.1, -0.05) is 171 Å². The van der Waals surface area contributed by atoms with Gasteiger partial charge in [0.1, 0.15) is 0 Å². The molecule has 1 aliphatic heterocycles. The lowest BCUT2D eigenvalue weighted by Crippen LogP contribution is -2.35. The number of benzene rings is 7. The summed E-state index contributed by atoms with van der Waals surface area (Å²) in [7, 11) is 0. The fourth-order valence-corrected chi connectivity index (χ4v) is 8.37. The summed E-state index contributed by atoms with van der Waals surface area (Å²) in [6, 6.07) is 63.7. The van der Waals surface area contributed by atoms with Gasteiger partial charge in [-0.3, -0.25) is 0 Å². The molecule has 3 nitrogen and oxygen atoms in total. The van der Waals surface area contributed by atoms with Crippen molar-refractivity contribution in [3.63, 3.8) is 0 Å². The summed E-state index contributed by atoms with van der Waals surface area (Å²) in [5.41, 5.74) is 15.3. The van der Waals surface area contributed by atoms with E-state index < -0.39 is 5.41 Å². The molecule has 0 saturated heterocycles. The summed E-state index contributed by atoms with van der Waals surface area (Å²) in [5.74, 6) is 0.700. The van der Waals surface area contributed by atoms with E-state index in [-0.39, 0.29) is 0 Å². The summed E-state index contributed by atoms with van der Waals surface area (Å²) in [6.45, 7) is 8.32. The Hall–Kier alpha value is -6.58. The molecule has 0 saturated carbocycles. The molecule has 10 rings (SSSR count). The average Bonchev–Trinajstić information content (AvgIpc) is 3.58. The highest BCUT2D eigenvalue weighted by atomic mass is 15.0. The molecule has 0 N–H and O–H groups in total. The van der Waals surface area contributed by atoms with Gasteiger partial charge in [-0.25, -0.2) is 9.97 Å². The van der Waals surface area contributed by atoms with E-state index in [9.17, 15) is 0 Å². The molecule has 9 aromatic rings. The smallest absolute Gasteiger partial charge is 0.160 e. The van der Waals surface area contributed by atoms with Gasteiger partial charge in [0, 0.05) is 27.5 Å². The Balaban J connectivity index is 0.00000189. The maximum atomic E-state index is 5.27. The van der Waals surface area contributed by atoms with Crippen molar-refractivity contribution < 1.29 is 0 Å². The summed E-state index contributed by atoms with van der Waals surface area (Å²) >= 11 is 0. The normalized spacial score (nSPS) is 12.6. The Kier molecular flexibility index (Phi) is 8.28. The molecule has 2 aromatic heterocycles. The predicted molar refractivity (Wildman–Crippen MR) is 225 cm³/mol. The maximum absolute atomic E-state index is 5.27. The van der Waals surface area contributed by atoms with Crippen LogP contribution < -0.4 is 0 Å². The minimum absolute atomic E-state index is 0.615. The molecule has 0 aliphatic carbocycles. The molecule has 0 unspecified atom stereocenters. The van der Waals surface area contributed by atoms with Crippen molar-refractivity contribution in [2.24, 2.45) is 0 Å². The number of aryl methyl sites for hydroxylation is 2. The second-order valence-corrected chi connectivity index (χ2v) is 14.0. The summed E-state index contributed by atoms with van der Waals surface area (Å²) in [5, 5.41) is 2.52. The number of para-hydroxylation sites is 2. The van der Waals surface area contributed by atoms with Crippen LogP contribution in [0.5, 0.6) is 0 Å². The molecule has 3 heteroatoms. The van der Waals surface area contributed by atoms with E-state index in [1.165, 1.54) is 55.2 Å². The van der Waals surface area contributed by atoms with Gasteiger partial charge in [0.2, 0.25) is 0 Å². The first kappa shape index (κ1) is 33.3. The average molecular weight is 696 g/mol. The van der Waals surface area contributed by atoms with Crippen LogP contribution in [0.1, 0.15) is 47.2 Å². The van der Waals surface area contributed by atoms with Crippen LogP contribution in [0.25, 0.3) is 61.4 Å². The molecule has 7 aromatic carbocycles. The number of fused-ring (bicyclic) bond motifs is 5. The van der Waals surface area contributed by atoms with E-state index in [4.69, 9.17) is 9.97 Å². The molecule has 260 valence electrons. The third kappa shape index (κ3) is 5.19. The fourth-order valence-electron chi connectivity index (χ4n) is 8.37. The van der Waals surface area contributed by atoms with E-state index in [1.807, 2.05) is 26.0 Å². The number of rotatable bonds is 5. The summed E-state index contributed by atoms with van der Waals surface area (Å²) < 4.78 is 2.48. The lowest BCUT2D eigenvalue weighted by Gasteiger charge is -2.42. The summed E-state index contributed by atoms with van der Waals surface area (Å²) in [6.07, 6.45) is 0. The highest BCUT2D eigenvalue weighted by Crippen LogP contribution is 2.54. The van der Waals surface area contributed by atoms with Crippen molar-refractivity contribution in [2.75, 3.05) is 0 Å². The topological polar surface area (TPSA) is 30.7 Å². The SMILES string of the molecule is CC.Cc1ccc(C2(c3ccc(C)cc3)c3cc(-c4nc(-c5ccccc5)cc(-c5ccccc5)n4)ccc3-n3c4ccccc4c4cccc2c43)cc1. The lowest BCUT2D eigenvalue weighted by atomic mass is 9.62. The lowest BCUT2D eigenvalue weighted by molar-refractivity contribution is 0.727. The molecule has 1 aliphatic rings. The van der Waals surface area contributed by atoms with Crippen LogP contribution >= 0.6 is 0 Å². The zero-order valence-corrected chi connectivity index (χ0v) is 31.1. The molecular weight excluding hydrogens is 655 g/mol. The fraction of sp³-hybridized carbons (Fsp3) is 0.0980. The van der Waals surface area contributed by atoms with Gasteiger partial charge in [0.15, 0.2) is 5.82 Å². The molecule has 0 atom stereocenters. The highest BCUT2D eigenvalue weighted by Gasteiger charge is 2.45. The van der Waals surface area contributed by atoms with Gasteiger partial charge >= 0.3 is 0 Å². The largest absolute Gasteiger partial charge is 0.309 e. The Bertz CT molecular complexity index is 2670. The molecular formula is C51H41N3. The molecule has 0 fully saturated rings. The zero-order chi connectivity index (χ0) is 36.8. The van der Waals surface area contributed by atoms with Crippen LogP contribution in [0.4, 0.5) is 0 Å². The van der Waals surface area contributed by atoms with Crippen molar-refractivity contribution in [2.45, 2.75) is 33.1 Å². The predicted octanol–water partition coefficient (Wildman–Crippen LogP) is 12.9. The first-order valence-electron chi connectivity index (χ1n) is 18.9. The van der Waals surface area contributed by atoms with Gasteiger partial charge in [0.25, 0.3) is 0 Å². The molecule has 0 amide bonds. The first-order chi connectivity index (χ1) is 26.6. The monoisotopic (exact) mass is 695 g/mol. The molecule has 0 radical (unpaired) electrons. The van der Waals surface area contributed by atoms with Crippen molar-refractivity contribution in [1.29, 1.82) is 0 Å². The van der Waals surface area contributed by atoms with Gasteiger partial charge in [0.05, 0.1) is 33.5 Å². The molecule has 54 heavy (non-hydrogen) atoms. The second-order valence-electron chi connectivity index (χ2n) is 14.0. The third-order valence-corrected chi connectivity index (χ3v) is 10.8. The van der Waals surface area contributed by atoms with Gasteiger partial charge < -0.3 is 4.57 Å². The maximum Gasteiger partial charge on any atom is 0.160 e. The van der Waals surface area contributed by atoms with E-state index in [1.54, 1.807) is 0 Å². The number of hydrogen-bond acceptors (Lipinski definition) is 2. The Morgan fingerprint density at radius 2 is 0.981 bits per heavy atom. The van der Waals surface area contributed by atoms with Crippen LogP contribution in [-0.2, 0) is 5.41 Å². The van der Waals surface area contributed by atoms with E-state index in [0.29, 0.717) is 5.82 Å². The third-order valence-electron chi connectivity index (χ3n) is 10.8. The highest BCUT2D eigenvalue weighted by molar-refractivity contribution is 6.12. The molecule has 0 bridgehead atoms. The Labute approximate surface area is 317 Å². The minimum Gasteiger partial charge on any atom is -0.309 e. The van der Waals surface area contributed by atoms with Gasteiger partial charge in [-0.15, -0.1) is 0 Å². The Morgan fingerprint density at radius 3 is 1.57 bits per heavy atom. The van der Waals surface area contributed by atoms with Gasteiger partial charge in [-0.2, -0.15) is 0 Å². The van der Waals surface area contributed by atoms with Crippen molar-refractivity contribution in [1.82, 2.24) is 14.5 Å². The van der Waals surface area contributed by atoms with Crippen LogP contribution in [0.2, 0.25) is 0 Å². The Morgan fingerprint density at radius 1 is 0.444 bits per heavy atom. The summed E-state index contributed by atoms with van der Waals surface area (Å²) in [4.78, 5) is 10.5. The van der Waals surface area contributed by atoms with Crippen LogP contribution in [-0.4, -0.2) is 14.5 Å². The van der Waals surface area contributed by atoms with Crippen LogP contribution in [0.3, 0.4) is 0 Å². The van der Waals surface area contributed by atoms with Crippen LogP contribution in [0.15, 0.2) is 176 Å². The van der Waals surface area contributed by atoms with Crippen molar-refractivity contribution in [3.8, 4) is 39.6 Å². The zero-order valence-electron chi connectivity index (χ0n) is 31.1. The minimum atomic E-state index is -0.615. The number of hydrogen-bond donors (Lipinski definition) is 0. The molecule has 0 spiro atoms. The quantitative estimate of drug-likeness (QED) is 0.179. The molecule has 3 heterocycles. The van der Waals surface area contributed by atoms with E-state index in [0.717, 1.165) is 33.8 Å². The first-order valence-corrected chi connectivity index (χ1v) is 18.9. The standard InChI is InChI=1S/C49H35N3.C2H6/c1-32-20-25-37(26-21-32)49(38-27-22-33(2)23-28-38)41-18-11-17-40-39-16-9-10-19-45(39)52(47(40)41)46-29-24-36(30-42(46)49)48-50-43(34-12-5-3-6-13-34)31-44(51-48)35-14-7-4-8-15-35;1-2/h3-31H,1-2H3;1-2H3. The van der Waals surface area contributed by atoms with Crippen molar-refractivity contribution >= 4 is 21.8 Å². The van der Waals surface area contributed by atoms with E-state index >= 15 is 0 Å². The van der Waals surface area contributed by atoms with Crippen LogP contribution in [0, 0.1) is 13.8 Å². The van der Waals surface area contributed by atoms with Crippen molar-refractivity contribution in [3.05, 3.63) is 209 Å². The number of nitrogens with zero attached hydrogens (tertiary/aromatic N) is 3. The number of aromatic nitrogens is 3. The second kappa shape index (κ2) is 13.4. The van der Waals surface area contributed by atoms with Gasteiger partial charge in [-0.05, 0) is 66.4 Å². The van der Waals surface area contributed by atoms with E-state index in [2.05, 4.69) is 182 Å².